The van der Waals surface area contributed by atoms with Gasteiger partial charge in [0, 0.05) is 25.7 Å². The molecule has 190 valence electrons. The van der Waals surface area contributed by atoms with Gasteiger partial charge in [0.15, 0.2) is 11.5 Å². The molecular weight excluding hydrogens is 444 g/mol. The second-order valence-corrected chi connectivity index (χ2v) is 9.43. The predicted octanol–water partition coefficient (Wildman–Crippen LogP) is 0.938. The number of rotatable bonds is 14. The molecule has 0 unspecified atom stereocenters. The summed E-state index contributed by atoms with van der Waals surface area (Å²) in [7, 11) is 1.48. The van der Waals surface area contributed by atoms with E-state index in [1.54, 1.807) is 6.92 Å². The molecule has 0 aromatic carbocycles. The number of ketones is 1. The van der Waals surface area contributed by atoms with E-state index in [0.29, 0.717) is 18.8 Å². The van der Waals surface area contributed by atoms with Gasteiger partial charge in [-0.2, -0.15) is 0 Å². The molecule has 3 atom stereocenters. The van der Waals surface area contributed by atoms with E-state index in [0.717, 1.165) is 0 Å². The molecule has 34 heavy (non-hydrogen) atoms. The number of carbonyl (C=O) groups excluding carboxylic acids is 4. The van der Waals surface area contributed by atoms with Crippen LogP contribution in [0.25, 0.3) is 0 Å². The molecule has 0 spiro atoms. The van der Waals surface area contributed by atoms with E-state index in [-0.39, 0.29) is 42.9 Å². The minimum atomic E-state index is -0.952. The fourth-order valence-electron chi connectivity index (χ4n) is 3.26. The third-order valence-corrected chi connectivity index (χ3v) is 5.44. The van der Waals surface area contributed by atoms with Gasteiger partial charge in [0.05, 0.1) is 19.2 Å². The highest BCUT2D eigenvalue weighted by Crippen LogP contribution is 2.29. The average molecular weight is 481 g/mol. The lowest BCUT2D eigenvalue weighted by atomic mass is 9.93. The van der Waals surface area contributed by atoms with Crippen LogP contribution in [0.5, 0.6) is 0 Å². The molecule has 0 bridgehead atoms. The fraction of sp³-hybridized carbons (Fsp3) is 0.696. The Balaban J connectivity index is 1.94. The Bertz CT molecular complexity index is 876. The molecule has 2 rings (SSSR count). The molecule has 1 aromatic rings. The van der Waals surface area contributed by atoms with Crippen LogP contribution >= 0.6 is 0 Å². The molecule has 3 N–H and O–H groups in total. The maximum absolute atomic E-state index is 12.7. The van der Waals surface area contributed by atoms with Gasteiger partial charge >= 0.3 is 0 Å². The summed E-state index contributed by atoms with van der Waals surface area (Å²) in [4.78, 5) is 50.4. The van der Waals surface area contributed by atoms with E-state index in [9.17, 15) is 19.2 Å². The van der Waals surface area contributed by atoms with Crippen molar-refractivity contribution in [2.24, 2.45) is 5.92 Å². The molecule has 1 aliphatic rings. The summed E-state index contributed by atoms with van der Waals surface area (Å²) >= 11 is 0. The van der Waals surface area contributed by atoms with Crippen LogP contribution in [0.1, 0.15) is 69.6 Å². The summed E-state index contributed by atoms with van der Waals surface area (Å²) in [5, 5.41) is 11.6. The second kappa shape index (κ2) is 12.1. The molecule has 11 nitrogen and oxygen atoms in total. The molecule has 1 aliphatic heterocycles. The van der Waals surface area contributed by atoms with Crippen molar-refractivity contribution in [1.82, 2.24) is 21.1 Å². The van der Waals surface area contributed by atoms with Gasteiger partial charge in [-0.05, 0) is 25.7 Å². The number of epoxide rings is 1. The third-order valence-electron chi connectivity index (χ3n) is 5.44. The molecule has 1 aromatic heterocycles. The number of ether oxygens (including phenoxy) is 2. The summed E-state index contributed by atoms with van der Waals surface area (Å²) in [6.45, 7) is 9.59. The van der Waals surface area contributed by atoms with Crippen LogP contribution in [-0.2, 0) is 23.9 Å². The number of Topliss-reactive ketones (excluding diaryl/α,β-unsaturated/α-hetero) is 1. The summed E-state index contributed by atoms with van der Waals surface area (Å²) in [6.07, 6.45) is 0.648. The number of methoxy groups -OCH3 is 1. The highest BCUT2D eigenvalue weighted by atomic mass is 16.6. The first kappa shape index (κ1) is 27.5. The first-order valence-electron chi connectivity index (χ1n) is 11.5. The van der Waals surface area contributed by atoms with Gasteiger partial charge in [-0.3, -0.25) is 19.2 Å². The zero-order valence-corrected chi connectivity index (χ0v) is 20.7. The highest BCUT2D eigenvalue weighted by Gasteiger charge is 2.50. The zero-order chi connectivity index (χ0) is 25.5. The quantitative estimate of drug-likeness (QED) is 0.333. The minimum Gasteiger partial charge on any atom is -0.385 e. The lowest BCUT2D eigenvalue weighted by Gasteiger charge is -2.22. The fourth-order valence-corrected chi connectivity index (χ4v) is 3.26. The Morgan fingerprint density at radius 1 is 1.15 bits per heavy atom. The number of nitrogens with one attached hydrogen (secondary N) is 3. The third kappa shape index (κ3) is 7.91. The molecule has 1 saturated heterocycles. The first-order chi connectivity index (χ1) is 16.0. The Labute approximate surface area is 199 Å². The van der Waals surface area contributed by atoms with Gasteiger partial charge < -0.3 is 29.9 Å². The Morgan fingerprint density at radius 2 is 1.82 bits per heavy atom. The van der Waals surface area contributed by atoms with Crippen molar-refractivity contribution in [2.75, 3.05) is 26.9 Å². The lowest BCUT2D eigenvalue weighted by molar-refractivity contribution is -0.131. The average Bonchev–Trinajstić information content (AvgIpc) is 3.32. The number of hydrogen-bond donors (Lipinski definition) is 3. The standard InChI is InChI=1S/C23H36N4O7/c1-13(2)9-16(20(29)23(5)12-33-23)25-19(28)11-24-21(30)15(7-8-32-6)26-22(31)17-10-18(14(3)4)34-27-17/h10,13-16H,7-9,11-12H2,1-6H3,(H,24,30)(H,25,28)(H,26,31)/t15-,16-,23+/m0/s1. The van der Waals surface area contributed by atoms with Crippen LogP contribution in [0.2, 0.25) is 0 Å². The monoisotopic (exact) mass is 480 g/mol. The van der Waals surface area contributed by atoms with Crippen LogP contribution < -0.4 is 16.0 Å². The maximum atomic E-state index is 12.7. The Morgan fingerprint density at radius 3 is 2.35 bits per heavy atom. The molecule has 1 fully saturated rings. The molecule has 2 heterocycles. The van der Waals surface area contributed by atoms with Crippen LogP contribution in [0.4, 0.5) is 0 Å². The van der Waals surface area contributed by atoms with Crippen molar-refractivity contribution < 1.29 is 33.2 Å². The zero-order valence-electron chi connectivity index (χ0n) is 20.7. The second-order valence-electron chi connectivity index (χ2n) is 9.43. The van der Waals surface area contributed by atoms with Crippen molar-refractivity contribution >= 4 is 23.5 Å². The normalized spacial score (nSPS) is 18.9. The highest BCUT2D eigenvalue weighted by molar-refractivity contribution is 5.98. The summed E-state index contributed by atoms with van der Waals surface area (Å²) in [6, 6.07) is -0.135. The molecule has 0 saturated carbocycles. The Kier molecular flexibility index (Phi) is 9.75. The minimum absolute atomic E-state index is 0.0561. The molecule has 11 heteroatoms. The number of aromatic nitrogens is 1. The topological polar surface area (TPSA) is 152 Å². The number of carbonyl (C=O) groups is 4. The van der Waals surface area contributed by atoms with Crippen LogP contribution in [0, 0.1) is 5.92 Å². The SMILES string of the molecule is COCC[C@H](NC(=O)c1cc(C(C)C)on1)C(=O)NCC(=O)N[C@@H](CC(C)C)C(=O)[C@@]1(C)CO1. The van der Waals surface area contributed by atoms with E-state index < -0.39 is 35.4 Å². The number of hydrogen-bond acceptors (Lipinski definition) is 8. The van der Waals surface area contributed by atoms with Gasteiger partial charge in [-0.15, -0.1) is 0 Å². The van der Waals surface area contributed by atoms with Crippen molar-refractivity contribution in [3.8, 4) is 0 Å². The van der Waals surface area contributed by atoms with Gasteiger partial charge in [0.1, 0.15) is 17.4 Å². The summed E-state index contributed by atoms with van der Waals surface area (Å²) < 4.78 is 15.4. The lowest BCUT2D eigenvalue weighted by Crippen LogP contribution is -2.52. The van der Waals surface area contributed by atoms with Gasteiger partial charge in [0.25, 0.3) is 5.91 Å². The van der Waals surface area contributed by atoms with Gasteiger partial charge in [0.2, 0.25) is 11.8 Å². The van der Waals surface area contributed by atoms with E-state index in [1.165, 1.54) is 13.2 Å². The summed E-state index contributed by atoms with van der Waals surface area (Å²) in [5.74, 6) is -1.04. The molecule has 0 radical (unpaired) electrons. The van der Waals surface area contributed by atoms with Gasteiger partial charge in [-0.1, -0.05) is 32.9 Å². The van der Waals surface area contributed by atoms with E-state index in [1.807, 2.05) is 27.7 Å². The smallest absolute Gasteiger partial charge is 0.274 e. The van der Waals surface area contributed by atoms with Crippen LogP contribution in [0.3, 0.4) is 0 Å². The first-order valence-corrected chi connectivity index (χ1v) is 11.5. The van der Waals surface area contributed by atoms with Crippen molar-refractivity contribution in [3.05, 3.63) is 17.5 Å². The summed E-state index contributed by atoms with van der Waals surface area (Å²) in [5.41, 5.74) is -0.801. The van der Waals surface area contributed by atoms with Crippen molar-refractivity contribution in [1.29, 1.82) is 0 Å². The number of nitrogens with zero attached hydrogens (tertiary/aromatic N) is 1. The van der Waals surface area contributed by atoms with E-state index in [2.05, 4.69) is 21.1 Å². The van der Waals surface area contributed by atoms with Gasteiger partial charge in [-0.25, -0.2) is 0 Å². The van der Waals surface area contributed by atoms with Crippen LogP contribution in [-0.4, -0.2) is 73.2 Å². The molecular formula is C23H36N4O7. The van der Waals surface area contributed by atoms with Crippen molar-refractivity contribution in [2.45, 2.75) is 71.1 Å². The van der Waals surface area contributed by atoms with Crippen LogP contribution in [0.15, 0.2) is 10.6 Å². The largest absolute Gasteiger partial charge is 0.385 e. The molecule has 0 aliphatic carbocycles. The Hall–Kier alpha value is -2.79. The maximum Gasteiger partial charge on any atom is 0.274 e. The van der Waals surface area contributed by atoms with E-state index >= 15 is 0 Å². The van der Waals surface area contributed by atoms with Crippen molar-refractivity contribution in [3.63, 3.8) is 0 Å². The number of amides is 3. The van der Waals surface area contributed by atoms with E-state index in [4.69, 9.17) is 14.0 Å². The predicted molar refractivity (Wildman–Crippen MR) is 122 cm³/mol. The molecule has 3 amide bonds.